The number of hydrogen-bond acceptors (Lipinski definition) is 5. The van der Waals surface area contributed by atoms with Gasteiger partial charge in [-0.1, -0.05) is 78.7 Å². The van der Waals surface area contributed by atoms with Gasteiger partial charge < -0.3 is 15.0 Å². The Labute approximate surface area is 271 Å². The molecule has 0 aliphatic heterocycles. The third kappa shape index (κ3) is 10.1. The lowest BCUT2D eigenvalue weighted by Gasteiger charge is -2.33. The van der Waals surface area contributed by atoms with Gasteiger partial charge in [-0.2, -0.15) is 0 Å². The molecule has 0 bridgehead atoms. The van der Waals surface area contributed by atoms with Crippen LogP contribution >= 0.6 is 23.2 Å². The number of hydrogen-bond donors (Lipinski definition) is 1. The molecule has 0 aliphatic carbocycles. The minimum Gasteiger partial charge on any atom is -0.492 e. The van der Waals surface area contributed by atoms with Crippen LogP contribution in [-0.2, 0) is 32.6 Å². The Hall–Kier alpha value is -3.27. The summed E-state index contributed by atoms with van der Waals surface area (Å²) in [5, 5.41) is 3.88. The van der Waals surface area contributed by atoms with E-state index in [0.717, 1.165) is 18.2 Å². The summed E-state index contributed by atoms with van der Waals surface area (Å²) in [7, 11) is -3.69. The van der Waals surface area contributed by atoms with Crippen molar-refractivity contribution in [3.63, 3.8) is 0 Å². The number of carbonyl (C=O) groups is 2. The highest BCUT2D eigenvalue weighted by molar-refractivity contribution is 7.92. The number of anilines is 1. The number of para-hydroxylation sites is 2. The minimum atomic E-state index is -3.69. The average molecular weight is 663 g/mol. The number of benzene rings is 3. The maximum atomic E-state index is 14.0. The molecule has 0 saturated carbocycles. The Bertz CT molecular complexity index is 1500. The van der Waals surface area contributed by atoms with Crippen molar-refractivity contribution >= 4 is 50.7 Å². The van der Waals surface area contributed by atoms with E-state index in [1.807, 2.05) is 51.1 Å². The number of nitrogens with zero attached hydrogens (tertiary/aromatic N) is 2. The molecule has 238 valence electrons. The molecule has 0 saturated heterocycles. The zero-order valence-electron chi connectivity index (χ0n) is 25.6. The van der Waals surface area contributed by atoms with Gasteiger partial charge in [0, 0.05) is 42.0 Å². The van der Waals surface area contributed by atoms with Crippen molar-refractivity contribution in [2.45, 2.75) is 65.1 Å². The van der Waals surface area contributed by atoms with Gasteiger partial charge in [0.05, 0.1) is 18.6 Å². The van der Waals surface area contributed by atoms with E-state index in [1.54, 1.807) is 47.4 Å². The fourth-order valence-corrected chi connectivity index (χ4v) is 6.19. The highest BCUT2D eigenvalue weighted by Crippen LogP contribution is 2.30. The van der Waals surface area contributed by atoms with Gasteiger partial charge in [-0.3, -0.25) is 13.9 Å². The Morgan fingerprint density at radius 1 is 0.977 bits per heavy atom. The largest absolute Gasteiger partial charge is 0.492 e. The standard InChI is InChI=1S/C33H41Cl2N3O5S/c1-5-24(3)36-33(40)30(21-25-13-8-7-9-14-25)37(23-26-18-19-27(34)22-28(26)35)32(39)17-12-20-38(44(4,41)42)29-15-10-11-16-31(29)43-6-2/h7-11,13-16,18-19,22,24,30H,5-6,12,17,20-21,23H2,1-4H3,(H,36,40)/t24-,30-/m1/s1. The molecule has 2 amide bonds. The summed E-state index contributed by atoms with van der Waals surface area (Å²) in [6.45, 7) is 6.21. The van der Waals surface area contributed by atoms with Gasteiger partial charge in [0.15, 0.2) is 0 Å². The molecule has 3 rings (SSSR count). The molecular formula is C33H41Cl2N3O5S. The van der Waals surface area contributed by atoms with Crippen molar-refractivity contribution in [1.29, 1.82) is 0 Å². The van der Waals surface area contributed by atoms with E-state index in [0.29, 0.717) is 33.7 Å². The first kappa shape index (κ1) is 35.2. The van der Waals surface area contributed by atoms with Crippen molar-refractivity contribution in [2.75, 3.05) is 23.7 Å². The smallest absolute Gasteiger partial charge is 0.243 e. The van der Waals surface area contributed by atoms with Gasteiger partial charge in [-0.15, -0.1) is 0 Å². The SMILES string of the molecule is CCOc1ccccc1N(CCCC(=O)N(Cc1ccc(Cl)cc1Cl)[C@H](Cc1ccccc1)C(=O)N[C@H](C)CC)S(C)(=O)=O. The van der Waals surface area contributed by atoms with E-state index in [-0.39, 0.29) is 50.2 Å². The van der Waals surface area contributed by atoms with E-state index in [9.17, 15) is 18.0 Å². The molecular weight excluding hydrogens is 621 g/mol. The first-order chi connectivity index (χ1) is 20.9. The van der Waals surface area contributed by atoms with Gasteiger partial charge in [-0.05, 0) is 62.1 Å². The highest BCUT2D eigenvalue weighted by Gasteiger charge is 2.31. The van der Waals surface area contributed by atoms with Crippen molar-refractivity contribution in [3.8, 4) is 5.75 Å². The Kier molecular flexibility index (Phi) is 13.4. The lowest BCUT2D eigenvalue weighted by molar-refractivity contribution is -0.141. The van der Waals surface area contributed by atoms with Crippen LogP contribution in [0.5, 0.6) is 5.75 Å². The second-order valence-electron chi connectivity index (χ2n) is 10.6. The quantitative estimate of drug-likeness (QED) is 0.189. The normalized spacial score (nSPS) is 12.7. The Morgan fingerprint density at radius 3 is 2.30 bits per heavy atom. The number of nitrogens with one attached hydrogen (secondary N) is 1. The summed E-state index contributed by atoms with van der Waals surface area (Å²) in [5.41, 5.74) is 1.94. The maximum Gasteiger partial charge on any atom is 0.243 e. The third-order valence-electron chi connectivity index (χ3n) is 7.21. The van der Waals surface area contributed by atoms with Crippen molar-refractivity contribution in [1.82, 2.24) is 10.2 Å². The zero-order chi connectivity index (χ0) is 32.3. The van der Waals surface area contributed by atoms with Gasteiger partial charge in [0.1, 0.15) is 11.8 Å². The number of amides is 2. The van der Waals surface area contributed by atoms with Crippen LogP contribution in [0.3, 0.4) is 0 Å². The molecule has 44 heavy (non-hydrogen) atoms. The fraction of sp³-hybridized carbons (Fsp3) is 0.394. The van der Waals surface area contributed by atoms with Crippen LogP contribution in [0.1, 0.15) is 51.2 Å². The van der Waals surface area contributed by atoms with E-state index in [1.165, 1.54) is 4.31 Å². The molecule has 3 aromatic carbocycles. The minimum absolute atomic E-state index is 0.00404. The predicted molar refractivity (Wildman–Crippen MR) is 178 cm³/mol. The van der Waals surface area contributed by atoms with Crippen LogP contribution in [0, 0.1) is 0 Å². The Balaban J connectivity index is 1.94. The summed E-state index contributed by atoms with van der Waals surface area (Å²) in [6, 6.07) is 20.5. The first-order valence-electron chi connectivity index (χ1n) is 14.7. The second kappa shape index (κ2) is 16.7. The summed E-state index contributed by atoms with van der Waals surface area (Å²) in [5.74, 6) is -0.136. The lowest BCUT2D eigenvalue weighted by atomic mass is 10.0. The first-order valence-corrected chi connectivity index (χ1v) is 17.3. The van der Waals surface area contributed by atoms with E-state index < -0.39 is 16.1 Å². The molecule has 2 atom stereocenters. The van der Waals surface area contributed by atoms with Crippen molar-refractivity contribution in [3.05, 3.63) is 94.0 Å². The van der Waals surface area contributed by atoms with Crippen LogP contribution in [0.15, 0.2) is 72.8 Å². The number of sulfonamides is 1. The molecule has 8 nitrogen and oxygen atoms in total. The molecule has 0 spiro atoms. The summed E-state index contributed by atoms with van der Waals surface area (Å²) < 4.78 is 32.6. The molecule has 0 radical (unpaired) electrons. The number of carbonyl (C=O) groups excluding carboxylic acids is 2. The molecule has 3 aromatic rings. The summed E-state index contributed by atoms with van der Waals surface area (Å²) >= 11 is 12.7. The summed E-state index contributed by atoms with van der Waals surface area (Å²) in [6.07, 6.45) is 2.35. The predicted octanol–water partition coefficient (Wildman–Crippen LogP) is 6.49. The molecule has 0 aliphatic rings. The average Bonchev–Trinajstić information content (AvgIpc) is 2.98. The van der Waals surface area contributed by atoms with E-state index >= 15 is 0 Å². The van der Waals surface area contributed by atoms with Gasteiger partial charge in [0.2, 0.25) is 21.8 Å². The number of ether oxygens (including phenoxy) is 1. The molecule has 0 fully saturated rings. The van der Waals surface area contributed by atoms with Gasteiger partial charge in [0.25, 0.3) is 0 Å². The van der Waals surface area contributed by atoms with E-state index in [4.69, 9.17) is 27.9 Å². The Morgan fingerprint density at radius 2 is 1.66 bits per heavy atom. The van der Waals surface area contributed by atoms with Crippen LogP contribution in [0.25, 0.3) is 0 Å². The lowest BCUT2D eigenvalue weighted by Crippen LogP contribution is -2.52. The van der Waals surface area contributed by atoms with Gasteiger partial charge >= 0.3 is 0 Å². The van der Waals surface area contributed by atoms with Crippen LogP contribution < -0.4 is 14.4 Å². The van der Waals surface area contributed by atoms with Crippen molar-refractivity contribution in [2.24, 2.45) is 0 Å². The summed E-state index contributed by atoms with van der Waals surface area (Å²) in [4.78, 5) is 29.3. The number of halogens is 2. The van der Waals surface area contributed by atoms with Crippen LogP contribution in [0.2, 0.25) is 10.0 Å². The van der Waals surface area contributed by atoms with Gasteiger partial charge in [-0.25, -0.2) is 8.42 Å². The molecule has 0 heterocycles. The molecule has 1 N–H and O–H groups in total. The van der Waals surface area contributed by atoms with Crippen LogP contribution in [-0.4, -0.2) is 56.6 Å². The zero-order valence-corrected chi connectivity index (χ0v) is 28.0. The topological polar surface area (TPSA) is 96.0 Å². The molecule has 0 unspecified atom stereocenters. The second-order valence-corrected chi connectivity index (χ2v) is 13.4. The monoisotopic (exact) mass is 661 g/mol. The van der Waals surface area contributed by atoms with E-state index in [2.05, 4.69) is 5.32 Å². The van der Waals surface area contributed by atoms with Crippen molar-refractivity contribution < 1.29 is 22.7 Å². The highest BCUT2D eigenvalue weighted by atomic mass is 35.5. The molecule has 0 aromatic heterocycles. The third-order valence-corrected chi connectivity index (χ3v) is 8.98. The molecule has 11 heteroatoms. The maximum absolute atomic E-state index is 14.0. The number of rotatable bonds is 16. The van der Waals surface area contributed by atoms with Crippen LogP contribution in [0.4, 0.5) is 5.69 Å². The fourth-order valence-electron chi connectivity index (χ4n) is 4.75.